The van der Waals surface area contributed by atoms with E-state index in [0.29, 0.717) is 16.5 Å². The van der Waals surface area contributed by atoms with Gasteiger partial charge < -0.3 is 5.73 Å². The quantitative estimate of drug-likeness (QED) is 0.838. The fraction of sp³-hybridized carbons (Fsp3) is 0.571. The number of anilines is 1. The Kier molecular flexibility index (Phi) is 3.66. The number of hydrogen-bond donors (Lipinski definition) is 1. The first kappa shape index (κ1) is 13.4. The first-order valence-corrected chi connectivity index (χ1v) is 8.06. The van der Waals surface area contributed by atoms with E-state index in [1.54, 1.807) is 12.1 Å². The van der Waals surface area contributed by atoms with Gasteiger partial charge in [0.05, 0.1) is 15.8 Å². The van der Waals surface area contributed by atoms with Crippen LogP contribution in [0.15, 0.2) is 23.1 Å². The third kappa shape index (κ3) is 2.53. The van der Waals surface area contributed by atoms with E-state index in [-0.39, 0.29) is 5.25 Å². The fourth-order valence-electron chi connectivity index (χ4n) is 2.73. The van der Waals surface area contributed by atoms with Crippen molar-refractivity contribution in [3.63, 3.8) is 0 Å². The number of nitrogen functional groups attached to an aromatic ring is 1. The van der Waals surface area contributed by atoms with Gasteiger partial charge in [-0.3, -0.25) is 0 Å². The normalized spacial score (nSPS) is 25.0. The average Bonchev–Trinajstić information content (AvgIpc) is 2.32. The van der Waals surface area contributed by atoms with Crippen molar-refractivity contribution in [3.05, 3.63) is 23.8 Å². The minimum atomic E-state index is -3.27. The third-order valence-corrected chi connectivity index (χ3v) is 6.08. The van der Waals surface area contributed by atoms with Gasteiger partial charge in [0.1, 0.15) is 0 Å². The smallest absolute Gasteiger partial charge is 0.183 e. The van der Waals surface area contributed by atoms with Gasteiger partial charge in [0.25, 0.3) is 0 Å². The molecule has 3 nitrogen and oxygen atoms in total. The Labute approximate surface area is 109 Å². The van der Waals surface area contributed by atoms with Crippen LogP contribution in [0.2, 0.25) is 0 Å². The summed E-state index contributed by atoms with van der Waals surface area (Å²) in [5.41, 5.74) is 7.15. The lowest BCUT2D eigenvalue weighted by atomic mass is 9.91. The molecule has 0 saturated heterocycles. The van der Waals surface area contributed by atoms with Crippen LogP contribution in [-0.2, 0) is 9.84 Å². The molecule has 1 fully saturated rings. The molecule has 1 aromatic carbocycles. The molecule has 1 saturated carbocycles. The molecule has 0 bridgehead atoms. The highest BCUT2D eigenvalue weighted by Gasteiger charge is 2.32. The summed E-state index contributed by atoms with van der Waals surface area (Å²) in [6.07, 6.45) is 3.65. The second-order valence-corrected chi connectivity index (χ2v) is 7.68. The fourth-order valence-corrected chi connectivity index (χ4v) is 4.89. The zero-order valence-corrected chi connectivity index (χ0v) is 11.8. The van der Waals surface area contributed by atoms with E-state index < -0.39 is 9.84 Å². The number of hydrogen-bond acceptors (Lipinski definition) is 3. The lowest BCUT2D eigenvalue weighted by Crippen LogP contribution is -2.28. The van der Waals surface area contributed by atoms with Crippen LogP contribution in [0.25, 0.3) is 0 Å². The van der Waals surface area contributed by atoms with Gasteiger partial charge in [-0.15, -0.1) is 0 Å². The zero-order valence-electron chi connectivity index (χ0n) is 11.0. The molecule has 100 valence electrons. The van der Waals surface area contributed by atoms with Gasteiger partial charge in [0.2, 0.25) is 0 Å². The van der Waals surface area contributed by atoms with Crippen LogP contribution >= 0.6 is 0 Å². The van der Waals surface area contributed by atoms with E-state index in [1.165, 1.54) is 0 Å². The Bertz CT molecular complexity index is 537. The van der Waals surface area contributed by atoms with Crippen molar-refractivity contribution in [2.75, 3.05) is 5.73 Å². The lowest BCUT2D eigenvalue weighted by molar-refractivity contribution is 0.382. The Morgan fingerprint density at radius 2 is 2.00 bits per heavy atom. The van der Waals surface area contributed by atoms with Crippen molar-refractivity contribution in [3.8, 4) is 0 Å². The lowest BCUT2D eigenvalue weighted by Gasteiger charge is -2.27. The molecule has 0 spiro atoms. The molecule has 1 aromatic rings. The van der Waals surface area contributed by atoms with Crippen molar-refractivity contribution < 1.29 is 8.42 Å². The van der Waals surface area contributed by atoms with Crippen LogP contribution in [0.1, 0.15) is 38.2 Å². The van der Waals surface area contributed by atoms with Crippen LogP contribution in [0.3, 0.4) is 0 Å². The summed E-state index contributed by atoms with van der Waals surface area (Å²) in [7, 11) is -3.27. The summed E-state index contributed by atoms with van der Waals surface area (Å²) in [6.45, 7) is 4.02. The number of sulfone groups is 1. The summed E-state index contributed by atoms with van der Waals surface area (Å²) in [5, 5.41) is -0.259. The Balaban J connectivity index is 2.38. The topological polar surface area (TPSA) is 60.2 Å². The number of benzene rings is 1. The molecule has 0 radical (unpaired) electrons. The predicted molar refractivity (Wildman–Crippen MR) is 74.2 cm³/mol. The summed E-state index contributed by atoms with van der Waals surface area (Å²) in [4.78, 5) is 0.321. The van der Waals surface area contributed by atoms with Crippen molar-refractivity contribution >= 4 is 15.5 Å². The summed E-state index contributed by atoms with van der Waals surface area (Å²) in [5.74, 6) is 0.490. The second kappa shape index (κ2) is 4.92. The van der Waals surface area contributed by atoms with Gasteiger partial charge >= 0.3 is 0 Å². The maximum absolute atomic E-state index is 12.6. The molecule has 0 aromatic heterocycles. The molecule has 0 aliphatic heterocycles. The van der Waals surface area contributed by atoms with Gasteiger partial charge in [0, 0.05) is 0 Å². The molecular weight excluding hydrogens is 246 g/mol. The van der Waals surface area contributed by atoms with Crippen LogP contribution in [0.5, 0.6) is 0 Å². The molecule has 2 atom stereocenters. The molecular formula is C14H21NO2S. The van der Waals surface area contributed by atoms with Crippen LogP contribution in [-0.4, -0.2) is 13.7 Å². The number of nitrogens with two attached hydrogens (primary N) is 1. The molecule has 2 rings (SSSR count). The second-order valence-electron chi connectivity index (χ2n) is 5.48. The molecule has 0 heterocycles. The monoisotopic (exact) mass is 267 g/mol. The van der Waals surface area contributed by atoms with Gasteiger partial charge in [-0.25, -0.2) is 8.42 Å². The van der Waals surface area contributed by atoms with E-state index in [0.717, 1.165) is 31.2 Å². The standard InChI is InChI=1S/C14H21NO2S/c1-10-4-3-5-12(8-10)18(16,17)14-9-11(2)6-7-13(14)15/h6-7,9-10,12H,3-5,8,15H2,1-2H3. The number of rotatable bonds is 2. The Morgan fingerprint density at radius 1 is 1.28 bits per heavy atom. The minimum absolute atomic E-state index is 0.259. The molecule has 0 amide bonds. The van der Waals surface area contributed by atoms with E-state index in [1.807, 2.05) is 13.0 Å². The molecule has 1 aliphatic carbocycles. The first-order valence-electron chi connectivity index (χ1n) is 6.51. The Hall–Kier alpha value is -1.03. The molecule has 4 heteroatoms. The molecule has 2 unspecified atom stereocenters. The van der Waals surface area contributed by atoms with E-state index >= 15 is 0 Å². The van der Waals surface area contributed by atoms with Crippen molar-refractivity contribution in [2.45, 2.75) is 49.7 Å². The summed E-state index contributed by atoms with van der Waals surface area (Å²) >= 11 is 0. The van der Waals surface area contributed by atoms with E-state index in [4.69, 9.17) is 5.73 Å². The highest BCUT2D eigenvalue weighted by Crippen LogP contribution is 2.33. The molecule has 1 aliphatic rings. The Morgan fingerprint density at radius 3 is 2.67 bits per heavy atom. The van der Waals surface area contributed by atoms with Crippen molar-refractivity contribution in [2.24, 2.45) is 5.92 Å². The number of aryl methyl sites for hydroxylation is 1. The first-order chi connectivity index (χ1) is 8.41. The minimum Gasteiger partial charge on any atom is -0.398 e. The van der Waals surface area contributed by atoms with E-state index in [9.17, 15) is 8.42 Å². The van der Waals surface area contributed by atoms with Gasteiger partial charge in [0.15, 0.2) is 9.84 Å². The highest BCUT2D eigenvalue weighted by molar-refractivity contribution is 7.92. The summed E-state index contributed by atoms with van der Waals surface area (Å²) < 4.78 is 25.3. The van der Waals surface area contributed by atoms with Crippen molar-refractivity contribution in [1.29, 1.82) is 0 Å². The van der Waals surface area contributed by atoms with Crippen LogP contribution < -0.4 is 5.73 Å². The molecule has 18 heavy (non-hydrogen) atoms. The maximum Gasteiger partial charge on any atom is 0.183 e. The SMILES string of the molecule is Cc1ccc(N)c(S(=O)(=O)C2CCCC(C)C2)c1. The average molecular weight is 267 g/mol. The largest absolute Gasteiger partial charge is 0.398 e. The van der Waals surface area contributed by atoms with Crippen molar-refractivity contribution in [1.82, 2.24) is 0 Å². The molecule has 2 N–H and O–H groups in total. The van der Waals surface area contributed by atoms with E-state index in [2.05, 4.69) is 6.92 Å². The highest BCUT2D eigenvalue weighted by atomic mass is 32.2. The predicted octanol–water partition coefficient (Wildman–Crippen LogP) is 2.93. The van der Waals surface area contributed by atoms with Crippen LogP contribution in [0.4, 0.5) is 5.69 Å². The third-order valence-electron chi connectivity index (χ3n) is 3.80. The van der Waals surface area contributed by atoms with Gasteiger partial charge in [-0.2, -0.15) is 0 Å². The van der Waals surface area contributed by atoms with Gasteiger partial charge in [-0.05, 0) is 43.4 Å². The summed E-state index contributed by atoms with van der Waals surface area (Å²) in [6, 6.07) is 5.23. The van der Waals surface area contributed by atoms with Gasteiger partial charge in [-0.1, -0.05) is 25.8 Å². The van der Waals surface area contributed by atoms with Crippen LogP contribution in [0, 0.1) is 12.8 Å². The maximum atomic E-state index is 12.6. The zero-order chi connectivity index (χ0) is 13.3.